The first-order chi connectivity index (χ1) is 8.74. The third-order valence-corrected chi connectivity index (χ3v) is 2.31. The van der Waals surface area contributed by atoms with Crippen molar-refractivity contribution in [3.05, 3.63) is 42.2 Å². The van der Waals surface area contributed by atoms with Gasteiger partial charge in [0, 0.05) is 18.0 Å². The third-order valence-electron chi connectivity index (χ3n) is 2.31. The van der Waals surface area contributed by atoms with Gasteiger partial charge in [0.15, 0.2) is 17.2 Å². The molecule has 0 aliphatic carbocycles. The van der Waals surface area contributed by atoms with Crippen molar-refractivity contribution in [2.45, 2.75) is 0 Å². The molecule has 0 unspecified atom stereocenters. The number of rotatable bonds is 3. The van der Waals surface area contributed by atoms with Crippen molar-refractivity contribution >= 4 is 5.69 Å². The molecule has 2 N–H and O–H groups in total. The van der Waals surface area contributed by atoms with E-state index in [0.29, 0.717) is 28.5 Å². The Morgan fingerprint density at radius 2 is 2.06 bits per heavy atom. The number of nitrogen functional groups attached to an aromatic ring is 1. The average Bonchev–Trinajstić information content (AvgIpc) is 2.40. The molecule has 0 atom stereocenters. The number of hydrogen-bond donors (Lipinski definition) is 1. The van der Waals surface area contributed by atoms with E-state index < -0.39 is 0 Å². The van der Waals surface area contributed by atoms with Crippen LogP contribution in [0.1, 0.15) is 5.56 Å². The van der Waals surface area contributed by atoms with Crippen molar-refractivity contribution in [2.24, 2.45) is 0 Å². The van der Waals surface area contributed by atoms with Gasteiger partial charge in [0.25, 0.3) is 0 Å². The molecular formula is C13H11N3O2. The minimum atomic E-state index is 0.365. The topological polar surface area (TPSA) is 81.2 Å². The van der Waals surface area contributed by atoms with E-state index in [1.54, 1.807) is 24.3 Å². The molecule has 0 saturated carbocycles. The summed E-state index contributed by atoms with van der Waals surface area (Å²) >= 11 is 0. The zero-order valence-corrected chi connectivity index (χ0v) is 9.75. The van der Waals surface area contributed by atoms with Crippen LogP contribution in [0.15, 0.2) is 36.7 Å². The van der Waals surface area contributed by atoms with Crippen LogP contribution in [0, 0.1) is 11.3 Å². The zero-order valence-electron chi connectivity index (χ0n) is 9.75. The SMILES string of the molecule is COc1ccc(N)cc1Oc1cnccc1C#N. The summed E-state index contributed by atoms with van der Waals surface area (Å²) in [6.45, 7) is 0. The van der Waals surface area contributed by atoms with Crippen LogP contribution in [-0.4, -0.2) is 12.1 Å². The molecule has 2 rings (SSSR count). The molecule has 0 aliphatic rings. The summed E-state index contributed by atoms with van der Waals surface area (Å²) in [5.41, 5.74) is 6.64. The van der Waals surface area contributed by atoms with Crippen LogP contribution in [0.4, 0.5) is 5.69 Å². The predicted octanol–water partition coefficient (Wildman–Crippen LogP) is 2.34. The molecule has 2 aromatic rings. The summed E-state index contributed by atoms with van der Waals surface area (Å²) in [5.74, 6) is 1.35. The molecule has 0 fully saturated rings. The third kappa shape index (κ3) is 2.33. The summed E-state index contributed by atoms with van der Waals surface area (Å²) in [5, 5.41) is 8.96. The summed E-state index contributed by atoms with van der Waals surface area (Å²) in [6.07, 6.45) is 3.00. The van der Waals surface area contributed by atoms with Crippen LogP contribution in [0.2, 0.25) is 0 Å². The number of methoxy groups -OCH3 is 1. The van der Waals surface area contributed by atoms with Gasteiger partial charge in [-0.05, 0) is 18.2 Å². The zero-order chi connectivity index (χ0) is 13.0. The molecular weight excluding hydrogens is 230 g/mol. The second-order valence-electron chi connectivity index (χ2n) is 3.50. The van der Waals surface area contributed by atoms with E-state index in [9.17, 15) is 0 Å². The highest BCUT2D eigenvalue weighted by Crippen LogP contribution is 2.33. The van der Waals surface area contributed by atoms with Gasteiger partial charge >= 0.3 is 0 Å². The molecule has 0 bridgehead atoms. The number of nitriles is 1. The molecule has 90 valence electrons. The molecule has 0 amide bonds. The van der Waals surface area contributed by atoms with Gasteiger partial charge in [-0.25, -0.2) is 0 Å². The van der Waals surface area contributed by atoms with Gasteiger partial charge in [0.1, 0.15) is 6.07 Å². The van der Waals surface area contributed by atoms with Crippen molar-refractivity contribution in [2.75, 3.05) is 12.8 Å². The number of hydrogen-bond acceptors (Lipinski definition) is 5. The molecule has 1 heterocycles. The van der Waals surface area contributed by atoms with Gasteiger partial charge < -0.3 is 15.2 Å². The van der Waals surface area contributed by atoms with Crippen LogP contribution in [0.5, 0.6) is 17.2 Å². The molecule has 0 radical (unpaired) electrons. The van der Waals surface area contributed by atoms with E-state index in [-0.39, 0.29) is 0 Å². The lowest BCUT2D eigenvalue weighted by Gasteiger charge is -2.11. The van der Waals surface area contributed by atoms with Crippen molar-refractivity contribution in [3.8, 4) is 23.3 Å². The van der Waals surface area contributed by atoms with E-state index in [1.165, 1.54) is 19.5 Å². The highest BCUT2D eigenvalue weighted by atomic mass is 16.5. The molecule has 5 nitrogen and oxygen atoms in total. The number of pyridine rings is 1. The van der Waals surface area contributed by atoms with Crippen molar-refractivity contribution in [1.82, 2.24) is 4.98 Å². The Labute approximate surface area is 104 Å². The Balaban J connectivity index is 2.40. The Kier molecular flexibility index (Phi) is 3.30. The Morgan fingerprint density at radius 3 is 2.78 bits per heavy atom. The van der Waals surface area contributed by atoms with Gasteiger partial charge in [0.2, 0.25) is 0 Å². The van der Waals surface area contributed by atoms with E-state index in [2.05, 4.69) is 4.98 Å². The van der Waals surface area contributed by atoms with E-state index in [0.717, 1.165) is 0 Å². The smallest absolute Gasteiger partial charge is 0.171 e. The summed E-state index contributed by atoms with van der Waals surface area (Å²) in [4.78, 5) is 3.92. The lowest BCUT2D eigenvalue weighted by atomic mass is 10.2. The van der Waals surface area contributed by atoms with Gasteiger partial charge in [-0.2, -0.15) is 5.26 Å². The lowest BCUT2D eigenvalue weighted by molar-refractivity contribution is 0.378. The Hall–Kier alpha value is -2.74. The Bertz CT molecular complexity index is 605. The monoisotopic (exact) mass is 241 g/mol. The molecule has 0 saturated heterocycles. The Morgan fingerprint density at radius 1 is 1.22 bits per heavy atom. The second-order valence-corrected chi connectivity index (χ2v) is 3.50. The number of anilines is 1. The van der Waals surface area contributed by atoms with E-state index in [4.69, 9.17) is 20.5 Å². The fourth-order valence-electron chi connectivity index (χ4n) is 1.45. The standard InChI is InChI=1S/C13H11N3O2/c1-17-11-3-2-10(15)6-12(11)18-13-8-16-5-4-9(13)7-14/h2-6,8H,15H2,1H3. The first kappa shape index (κ1) is 11.7. The molecule has 5 heteroatoms. The highest BCUT2D eigenvalue weighted by molar-refractivity contribution is 5.54. The van der Waals surface area contributed by atoms with Crippen LogP contribution in [0.3, 0.4) is 0 Å². The fraction of sp³-hybridized carbons (Fsp3) is 0.0769. The van der Waals surface area contributed by atoms with Crippen LogP contribution in [0.25, 0.3) is 0 Å². The van der Waals surface area contributed by atoms with Gasteiger partial charge in [0.05, 0.1) is 18.9 Å². The minimum absolute atomic E-state index is 0.365. The number of benzene rings is 1. The number of ether oxygens (including phenoxy) is 2. The van der Waals surface area contributed by atoms with Gasteiger partial charge in [-0.3, -0.25) is 4.98 Å². The molecule has 1 aromatic heterocycles. The van der Waals surface area contributed by atoms with Crippen LogP contribution < -0.4 is 15.2 Å². The number of nitrogens with two attached hydrogens (primary N) is 1. The molecule has 1 aromatic carbocycles. The maximum atomic E-state index is 8.96. The average molecular weight is 241 g/mol. The van der Waals surface area contributed by atoms with E-state index >= 15 is 0 Å². The highest BCUT2D eigenvalue weighted by Gasteiger charge is 2.09. The molecule has 0 aliphatic heterocycles. The van der Waals surface area contributed by atoms with Crippen molar-refractivity contribution < 1.29 is 9.47 Å². The van der Waals surface area contributed by atoms with Crippen molar-refractivity contribution in [1.29, 1.82) is 5.26 Å². The van der Waals surface area contributed by atoms with E-state index in [1.807, 2.05) is 6.07 Å². The quantitative estimate of drug-likeness (QED) is 0.834. The number of nitrogens with zero attached hydrogens (tertiary/aromatic N) is 2. The maximum Gasteiger partial charge on any atom is 0.171 e. The lowest BCUT2D eigenvalue weighted by Crippen LogP contribution is -1.94. The van der Waals surface area contributed by atoms with Gasteiger partial charge in [-0.15, -0.1) is 0 Å². The molecule has 18 heavy (non-hydrogen) atoms. The summed E-state index contributed by atoms with van der Waals surface area (Å²) < 4.78 is 10.8. The van der Waals surface area contributed by atoms with Crippen molar-refractivity contribution in [3.63, 3.8) is 0 Å². The first-order valence-corrected chi connectivity index (χ1v) is 5.20. The largest absolute Gasteiger partial charge is 0.493 e. The minimum Gasteiger partial charge on any atom is -0.493 e. The second kappa shape index (κ2) is 5.06. The fourth-order valence-corrected chi connectivity index (χ4v) is 1.45. The summed E-state index contributed by atoms with van der Waals surface area (Å²) in [6, 6.07) is 8.65. The number of aromatic nitrogens is 1. The molecule has 0 spiro atoms. The normalized spacial score (nSPS) is 9.56. The van der Waals surface area contributed by atoms with Gasteiger partial charge in [-0.1, -0.05) is 0 Å². The first-order valence-electron chi connectivity index (χ1n) is 5.20. The van der Waals surface area contributed by atoms with Crippen LogP contribution in [-0.2, 0) is 0 Å². The predicted molar refractivity (Wildman–Crippen MR) is 66.4 cm³/mol. The van der Waals surface area contributed by atoms with Crippen LogP contribution >= 0.6 is 0 Å². The maximum absolute atomic E-state index is 8.96. The summed E-state index contributed by atoms with van der Waals surface area (Å²) in [7, 11) is 1.53.